The van der Waals surface area contributed by atoms with Crippen LogP contribution in [0.25, 0.3) is 66.1 Å². The zero-order chi connectivity index (χ0) is 35.1. The first-order chi connectivity index (χ1) is 23.8. The Balaban J connectivity index is 1.62. The van der Waals surface area contributed by atoms with E-state index in [9.17, 15) is 31.6 Å². The molecule has 0 aliphatic carbocycles. The average Bonchev–Trinajstić information content (AvgIpc) is 3.58. The quantitative estimate of drug-likeness (QED) is 0.172. The van der Waals surface area contributed by atoms with E-state index in [0.717, 1.165) is 51.6 Å². The number of para-hydroxylation sites is 2. The van der Waals surface area contributed by atoms with Crippen molar-refractivity contribution in [2.24, 2.45) is 0 Å². The highest BCUT2D eigenvalue weighted by Crippen LogP contribution is 2.45. The first-order valence-corrected chi connectivity index (χ1v) is 15.7. The topological polar surface area (TPSA) is 33.6 Å². The van der Waals surface area contributed by atoms with Gasteiger partial charge in [-0.1, -0.05) is 60.7 Å². The Morgan fingerprint density at radius 3 is 1.58 bits per heavy atom. The van der Waals surface area contributed by atoms with Crippen LogP contribution >= 0.6 is 0 Å². The number of rotatable bonds is 3. The van der Waals surface area contributed by atoms with Crippen molar-refractivity contribution in [3.05, 3.63) is 143 Å². The van der Waals surface area contributed by atoms with Gasteiger partial charge in [-0.05, 0) is 85.1 Å². The van der Waals surface area contributed by atoms with E-state index in [1.807, 2.05) is 54.0 Å². The van der Waals surface area contributed by atoms with Gasteiger partial charge in [-0.3, -0.25) is 0 Å². The van der Waals surface area contributed by atoms with Crippen LogP contribution in [0.4, 0.5) is 26.3 Å². The second-order valence-corrected chi connectivity index (χ2v) is 12.5. The average molecular weight is 674 g/mol. The van der Waals surface area contributed by atoms with Crippen LogP contribution in [0.15, 0.2) is 115 Å². The lowest BCUT2D eigenvalue weighted by molar-refractivity contribution is -0.138. The predicted molar refractivity (Wildman–Crippen MR) is 185 cm³/mol. The van der Waals surface area contributed by atoms with E-state index in [0.29, 0.717) is 33.1 Å². The van der Waals surface area contributed by atoms with Crippen LogP contribution in [0.1, 0.15) is 27.8 Å². The van der Waals surface area contributed by atoms with Crippen molar-refractivity contribution in [2.75, 3.05) is 0 Å². The van der Waals surface area contributed by atoms with Crippen molar-refractivity contribution in [3.8, 4) is 28.6 Å². The highest BCUT2D eigenvalue weighted by Gasteiger charge is 2.33. The molecule has 9 heteroatoms. The number of nitrogens with zero attached hydrogens (tertiary/aromatic N) is 3. The number of hydrogen-bond donors (Lipinski definition) is 0. The van der Waals surface area contributed by atoms with E-state index in [4.69, 9.17) is 0 Å². The highest BCUT2D eigenvalue weighted by atomic mass is 19.4. The van der Waals surface area contributed by atoms with E-state index in [1.54, 1.807) is 54.0 Å². The molecule has 50 heavy (non-hydrogen) atoms. The summed E-state index contributed by atoms with van der Waals surface area (Å²) in [5, 5.41) is 13.4. The van der Waals surface area contributed by atoms with Gasteiger partial charge in [0.1, 0.15) is 0 Å². The molecular weight excluding hydrogens is 648 g/mol. The molecule has 0 unspecified atom stereocenters. The van der Waals surface area contributed by atoms with Crippen LogP contribution in [0.5, 0.6) is 0 Å². The zero-order valence-corrected chi connectivity index (χ0v) is 26.6. The van der Waals surface area contributed by atoms with Crippen LogP contribution in [0, 0.1) is 25.2 Å². The van der Waals surface area contributed by atoms with Gasteiger partial charge in [0.2, 0.25) is 0 Å². The fourth-order valence-electron chi connectivity index (χ4n) is 7.16. The summed E-state index contributed by atoms with van der Waals surface area (Å²) in [4.78, 5) is 0. The SMILES string of the molecule is Cc1cc(-c2c(-n3c4ccccc4c4ccc(C)cc43)cc(C#N)cc2-n2c3ccccc3c3ccc(C(F)(F)F)cc32)cc(C(F)(F)F)c1. The Morgan fingerprint density at radius 2 is 1.02 bits per heavy atom. The molecule has 2 heterocycles. The summed E-state index contributed by atoms with van der Waals surface area (Å²) >= 11 is 0. The lowest BCUT2D eigenvalue weighted by Crippen LogP contribution is -2.08. The van der Waals surface area contributed by atoms with Crippen molar-refractivity contribution in [1.29, 1.82) is 5.26 Å². The number of aryl methyl sites for hydroxylation is 2. The van der Waals surface area contributed by atoms with Gasteiger partial charge < -0.3 is 9.13 Å². The number of benzene rings is 6. The Labute approximate surface area is 281 Å². The molecule has 0 saturated carbocycles. The number of halogens is 6. The van der Waals surface area contributed by atoms with E-state index < -0.39 is 23.5 Å². The Morgan fingerprint density at radius 1 is 0.500 bits per heavy atom. The van der Waals surface area contributed by atoms with Gasteiger partial charge >= 0.3 is 12.4 Å². The van der Waals surface area contributed by atoms with Gasteiger partial charge in [-0.2, -0.15) is 31.6 Å². The van der Waals surface area contributed by atoms with E-state index in [1.165, 1.54) is 6.07 Å². The Hall–Kier alpha value is -6.01. The largest absolute Gasteiger partial charge is 0.416 e. The molecule has 0 bridgehead atoms. The van der Waals surface area contributed by atoms with Gasteiger partial charge in [0.15, 0.2) is 0 Å². The second kappa shape index (κ2) is 11.0. The molecule has 0 fully saturated rings. The lowest BCUT2D eigenvalue weighted by atomic mass is 9.95. The summed E-state index contributed by atoms with van der Waals surface area (Å²) < 4.78 is 89.3. The number of hydrogen-bond acceptors (Lipinski definition) is 1. The Bertz CT molecular complexity index is 2720. The van der Waals surface area contributed by atoms with Crippen molar-refractivity contribution in [2.45, 2.75) is 26.2 Å². The molecule has 3 nitrogen and oxygen atoms in total. The predicted octanol–water partition coefficient (Wildman–Crippen LogP) is 12.1. The fraction of sp³-hybridized carbons (Fsp3) is 0.0976. The summed E-state index contributed by atoms with van der Waals surface area (Å²) in [6.07, 6.45) is -9.33. The minimum Gasteiger partial charge on any atom is -0.308 e. The molecule has 8 rings (SSSR count). The molecule has 246 valence electrons. The normalized spacial score (nSPS) is 12.4. The van der Waals surface area contributed by atoms with Gasteiger partial charge in [-0.25, -0.2) is 0 Å². The molecule has 0 aliphatic heterocycles. The molecule has 8 aromatic rings. The molecule has 0 amide bonds. The van der Waals surface area contributed by atoms with Crippen LogP contribution in [0.2, 0.25) is 0 Å². The summed E-state index contributed by atoms with van der Waals surface area (Å²) in [6.45, 7) is 3.51. The molecule has 0 aliphatic rings. The number of fused-ring (bicyclic) bond motifs is 6. The molecule has 0 saturated heterocycles. The van der Waals surface area contributed by atoms with Crippen molar-refractivity contribution < 1.29 is 26.3 Å². The van der Waals surface area contributed by atoms with Gasteiger partial charge in [0.25, 0.3) is 0 Å². The maximum Gasteiger partial charge on any atom is 0.416 e. The van der Waals surface area contributed by atoms with Crippen LogP contribution in [-0.2, 0) is 12.4 Å². The van der Waals surface area contributed by atoms with Crippen molar-refractivity contribution >= 4 is 43.6 Å². The first kappa shape index (κ1) is 31.3. The number of aromatic nitrogens is 2. The highest BCUT2D eigenvalue weighted by molar-refractivity contribution is 6.12. The third-order valence-electron chi connectivity index (χ3n) is 9.23. The zero-order valence-electron chi connectivity index (χ0n) is 26.6. The lowest BCUT2D eigenvalue weighted by Gasteiger charge is -2.22. The summed E-state index contributed by atoms with van der Waals surface area (Å²) in [6, 6.07) is 33.3. The third kappa shape index (κ3) is 4.90. The van der Waals surface area contributed by atoms with Crippen molar-refractivity contribution in [3.63, 3.8) is 0 Å². The number of alkyl halides is 6. The van der Waals surface area contributed by atoms with E-state index >= 15 is 0 Å². The first-order valence-electron chi connectivity index (χ1n) is 15.7. The minimum atomic E-state index is -4.67. The number of nitriles is 1. The molecule has 0 N–H and O–H groups in total. The van der Waals surface area contributed by atoms with Crippen LogP contribution in [0.3, 0.4) is 0 Å². The van der Waals surface area contributed by atoms with E-state index in [2.05, 4.69) is 6.07 Å². The summed E-state index contributed by atoms with van der Waals surface area (Å²) in [5.41, 5.74) is 3.16. The van der Waals surface area contributed by atoms with Crippen LogP contribution < -0.4 is 0 Å². The summed E-state index contributed by atoms with van der Waals surface area (Å²) in [5.74, 6) is 0. The standard InChI is InChI=1S/C41H25F6N3/c1-23-11-13-31-29-7-3-5-9-33(29)49(35(31)17-23)37-18-25(22-48)19-38(39(37)26-15-24(2)16-28(20-26)41(45,46)47)50-34-10-6-4-8-30(34)32-14-12-27(21-36(32)50)40(42,43)44/h3-21H,1-2H3. The molecule has 6 aromatic carbocycles. The Kier molecular flexibility index (Phi) is 6.88. The maximum absolute atomic E-state index is 14.4. The molecule has 0 spiro atoms. The molecule has 0 radical (unpaired) electrons. The minimum absolute atomic E-state index is 0.180. The van der Waals surface area contributed by atoms with E-state index in [-0.39, 0.29) is 22.3 Å². The van der Waals surface area contributed by atoms with Gasteiger partial charge in [0.05, 0.1) is 56.2 Å². The third-order valence-corrected chi connectivity index (χ3v) is 9.23. The van der Waals surface area contributed by atoms with Gasteiger partial charge in [0, 0.05) is 27.1 Å². The monoisotopic (exact) mass is 673 g/mol. The fourth-order valence-corrected chi connectivity index (χ4v) is 7.16. The van der Waals surface area contributed by atoms with Gasteiger partial charge in [-0.15, -0.1) is 0 Å². The molecular formula is C41H25F6N3. The maximum atomic E-state index is 14.4. The van der Waals surface area contributed by atoms with Crippen molar-refractivity contribution in [1.82, 2.24) is 9.13 Å². The summed E-state index contributed by atoms with van der Waals surface area (Å²) in [7, 11) is 0. The molecule has 0 atom stereocenters. The van der Waals surface area contributed by atoms with Crippen LogP contribution in [-0.4, -0.2) is 9.13 Å². The molecule has 2 aromatic heterocycles. The second-order valence-electron chi connectivity index (χ2n) is 12.5. The smallest absolute Gasteiger partial charge is 0.308 e.